The molecule has 12 heavy (non-hydrogen) atoms. The Balaban J connectivity index is 2.45. The molecule has 1 aliphatic carbocycles. The van der Waals surface area contributed by atoms with E-state index in [0.29, 0.717) is 6.42 Å². The molecule has 0 bridgehead atoms. The van der Waals surface area contributed by atoms with E-state index in [0.717, 1.165) is 0 Å². The SMILES string of the molecule is Nc1cccn(C2C[C@@H]2F)c1=O. The molecule has 0 aromatic carbocycles. The highest BCUT2D eigenvalue weighted by molar-refractivity contribution is 5.34. The Morgan fingerprint density at radius 3 is 2.92 bits per heavy atom. The lowest BCUT2D eigenvalue weighted by Gasteiger charge is -2.02. The van der Waals surface area contributed by atoms with Crippen molar-refractivity contribution in [2.45, 2.75) is 18.6 Å². The van der Waals surface area contributed by atoms with Gasteiger partial charge in [-0.05, 0) is 12.1 Å². The van der Waals surface area contributed by atoms with Crippen LogP contribution in [0.3, 0.4) is 0 Å². The summed E-state index contributed by atoms with van der Waals surface area (Å²) in [5.74, 6) is 0. The third-order valence-electron chi connectivity index (χ3n) is 2.04. The monoisotopic (exact) mass is 168 g/mol. The van der Waals surface area contributed by atoms with Crippen LogP contribution in [-0.4, -0.2) is 10.7 Å². The molecule has 0 saturated heterocycles. The van der Waals surface area contributed by atoms with E-state index in [-0.39, 0.29) is 17.3 Å². The topological polar surface area (TPSA) is 48.0 Å². The molecule has 0 amide bonds. The number of anilines is 1. The van der Waals surface area contributed by atoms with Gasteiger partial charge in [0.05, 0.1) is 11.7 Å². The van der Waals surface area contributed by atoms with Crippen LogP contribution >= 0.6 is 0 Å². The van der Waals surface area contributed by atoms with Crippen LogP contribution in [0.1, 0.15) is 12.5 Å². The van der Waals surface area contributed by atoms with Crippen LogP contribution in [0, 0.1) is 0 Å². The van der Waals surface area contributed by atoms with Gasteiger partial charge in [0.25, 0.3) is 5.56 Å². The van der Waals surface area contributed by atoms with Gasteiger partial charge >= 0.3 is 0 Å². The fraction of sp³-hybridized carbons (Fsp3) is 0.375. The zero-order valence-electron chi connectivity index (χ0n) is 6.40. The first kappa shape index (κ1) is 7.34. The summed E-state index contributed by atoms with van der Waals surface area (Å²) in [6.45, 7) is 0. The fourth-order valence-electron chi connectivity index (χ4n) is 1.23. The zero-order valence-corrected chi connectivity index (χ0v) is 6.40. The summed E-state index contributed by atoms with van der Waals surface area (Å²) in [6, 6.07) is 2.90. The quantitative estimate of drug-likeness (QED) is 0.671. The van der Waals surface area contributed by atoms with Crippen LogP contribution in [0.2, 0.25) is 0 Å². The molecule has 1 aromatic rings. The van der Waals surface area contributed by atoms with Crippen molar-refractivity contribution in [1.82, 2.24) is 4.57 Å². The maximum Gasteiger partial charge on any atom is 0.274 e. The zero-order chi connectivity index (χ0) is 8.72. The molecule has 2 rings (SSSR count). The summed E-state index contributed by atoms with van der Waals surface area (Å²) in [6.07, 6.45) is 1.14. The van der Waals surface area contributed by atoms with Crippen molar-refractivity contribution in [2.24, 2.45) is 0 Å². The Bertz CT molecular complexity index is 360. The number of aromatic nitrogens is 1. The number of hydrogen-bond donors (Lipinski definition) is 1. The normalized spacial score (nSPS) is 27.1. The lowest BCUT2D eigenvalue weighted by molar-refractivity contribution is 0.438. The Morgan fingerprint density at radius 2 is 2.33 bits per heavy atom. The van der Waals surface area contributed by atoms with Crippen molar-refractivity contribution in [3.05, 3.63) is 28.7 Å². The number of rotatable bonds is 1. The summed E-state index contributed by atoms with van der Waals surface area (Å²) in [5, 5.41) is 0. The van der Waals surface area contributed by atoms with Crippen LogP contribution in [-0.2, 0) is 0 Å². The Morgan fingerprint density at radius 1 is 1.67 bits per heavy atom. The number of nitrogens with two attached hydrogens (primary N) is 1. The molecule has 1 fully saturated rings. The van der Waals surface area contributed by atoms with Crippen LogP contribution < -0.4 is 11.3 Å². The van der Waals surface area contributed by atoms with Crippen molar-refractivity contribution >= 4 is 5.69 Å². The van der Waals surface area contributed by atoms with Crippen molar-refractivity contribution in [2.75, 3.05) is 5.73 Å². The third kappa shape index (κ3) is 0.995. The minimum Gasteiger partial charge on any atom is -0.394 e. The highest BCUT2D eigenvalue weighted by Crippen LogP contribution is 2.37. The first-order valence-electron chi connectivity index (χ1n) is 3.81. The van der Waals surface area contributed by atoms with E-state index in [4.69, 9.17) is 5.73 Å². The van der Waals surface area contributed by atoms with Gasteiger partial charge in [0, 0.05) is 12.6 Å². The van der Waals surface area contributed by atoms with Gasteiger partial charge in [-0.15, -0.1) is 0 Å². The molecule has 2 atom stereocenters. The van der Waals surface area contributed by atoms with E-state index in [9.17, 15) is 9.18 Å². The number of pyridine rings is 1. The van der Waals surface area contributed by atoms with E-state index in [1.165, 1.54) is 10.6 Å². The number of hydrogen-bond acceptors (Lipinski definition) is 2. The molecular weight excluding hydrogens is 159 g/mol. The molecule has 4 heteroatoms. The fourth-order valence-corrected chi connectivity index (χ4v) is 1.23. The van der Waals surface area contributed by atoms with E-state index in [2.05, 4.69) is 0 Å². The predicted octanol–water partition coefficient (Wildman–Crippen LogP) is 0.713. The van der Waals surface area contributed by atoms with Gasteiger partial charge in [0.15, 0.2) is 0 Å². The maximum atomic E-state index is 12.6. The molecule has 1 aromatic heterocycles. The molecule has 0 spiro atoms. The van der Waals surface area contributed by atoms with Gasteiger partial charge in [-0.1, -0.05) is 0 Å². The second-order valence-corrected chi connectivity index (χ2v) is 2.99. The third-order valence-corrected chi connectivity index (χ3v) is 2.04. The standard InChI is InChI=1S/C8H9FN2O/c9-5-4-7(5)11-3-1-2-6(10)8(11)12/h1-3,5,7H,4,10H2/t5-,7?/m0/s1. The van der Waals surface area contributed by atoms with Crippen molar-refractivity contribution in [3.63, 3.8) is 0 Å². The second kappa shape index (κ2) is 2.33. The van der Waals surface area contributed by atoms with Gasteiger partial charge in [0.2, 0.25) is 0 Å². The Labute approximate surface area is 68.6 Å². The molecule has 1 aliphatic rings. The van der Waals surface area contributed by atoms with Crippen molar-refractivity contribution < 1.29 is 4.39 Å². The molecule has 2 N–H and O–H groups in total. The summed E-state index contributed by atoms with van der Waals surface area (Å²) in [5.41, 5.74) is 5.26. The van der Waals surface area contributed by atoms with Gasteiger partial charge in [-0.3, -0.25) is 4.79 Å². The van der Waals surface area contributed by atoms with Crippen LogP contribution in [0.25, 0.3) is 0 Å². The van der Waals surface area contributed by atoms with Gasteiger partial charge < -0.3 is 10.3 Å². The van der Waals surface area contributed by atoms with Crippen LogP contribution in [0.5, 0.6) is 0 Å². The van der Waals surface area contributed by atoms with Gasteiger partial charge in [-0.25, -0.2) is 4.39 Å². The number of alkyl halides is 1. The minimum absolute atomic E-state index is 0.177. The molecule has 1 unspecified atom stereocenters. The summed E-state index contributed by atoms with van der Waals surface area (Å²) >= 11 is 0. The van der Waals surface area contributed by atoms with E-state index < -0.39 is 6.17 Å². The average Bonchev–Trinajstić information content (AvgIpc) is 2.73. The first-order valence-corrected chi connectivity index (χ1v) is 3.81. The first-order chi connectivity index (χ1) is 5.70. The smallest absolute Gasteiger partial charge is 0.274 e. The van der Waals surface area contributed by atoms with Crippen molar-refractivity contribution in [3.8, 4) is 0 Å². The lowest BCUT2D eigenvalue weighted by atomic mass is 10.4. The van der Waals surface area contributed by atoms with Crippen LogP contribution in [0.15, 0.2) is 23.1 Å². The summed E-state index contributed by atoms with van der Waals surface area (Å²) in [4.78, 5) is 11.3. The Hall–Kier alpha value is -1.32. The largest absolute Gasteiger partial charge is 0.394 e. The highest BCUT2D eigenvalue weighted by atomic mass is 19.1. The van der Waals surface area contributed by atoms with Gasteiger partial charge in [-0.2, -0.15) is 0 Å². The van der Waals surface area contributed by atoms with E-state index in [1.54, 1.807) is 12.3 Å². The molecule has 64 valence electrons. The molecule has 1 heterocycles. The number of halogens is 1. The molecule has 3 nitrogen and oxygen atoms in total. The average molecular weight is 168 g/mol. The van der Waals surface area contributed by atoms with Crippen molar-refractivity contribution in [1.29, 1.82) is 0 Å². The second-order valence-electron chi connectivity index (χ2n) is 2.99. The molecule has 0 radical (unpaired) electrons. The maximum absolute atomic E-state index is 12.6. The highest BCUT2D eigenvalue weighted by Gasteiger charge is 2.39. The minimum atomic E-state index is -0.871. The lowest BCUT2D eigenvalue weighted by Crippen LogP contribution is -2.21. The van der Waals surface area contributed by atoms with Crippen LogP contribution in [0.4, 0.5) is 10.1 Å². The number of nitrogen functional groups attached to an aromatic ring is 1. The molecule has 1 saturated carbocycles. The predicted molar refractivity (Wildman–Crippen MR) is 43.7 cm³/mol. The van der Waals surface area contributed by atoms with E-state index >= 15 is 0 Å². The van der Waals surface area contributed by atoms with Gasteiger partial charge in [0.1, 0.15) is 6.17 Å². The molecular formula is C8H9FN2O. The Kier molecular flexibility index (Phi) is 1.43. The summed E-state index contributed by atoms with van der Waals surface area (Å²) in [7, 11) is 0. The number of nitrogens with zero attached hydrogens (tertiary/aromatic N) is 1. The summed E-state index contributed by atoms with van der Waals surface area (Å²) < 4.78 is 13.9. The molecule has 0 aliphatic heterocycles. The van der Waals surface area contributed by atoms with E-state index in [1.807, 2.05) is 0 Å².